The van der Waals surface area contributed by atoms with Gasteiger partial charge in [0.05, 0.1) is 12.2 Å². The van der Waals surface area contributed by atoms with Crippen molar-refractivity contribution >= 4 is 17.7 Å². The summed E-state index contributed by atoms with van der Waals surface area (Å²) < 4.78 is 5.37. The number of hydrogen-bond acceptors (Lipinski definition) is 3. The van der Waals surface area contributed by atoms with Crippen molar-refractivity contribution in [2.75, 3.05) is 18.0 Å². The van der Waals surface area contributed by atoms with Crippen LogP contribution >= 0.6 is 0 Å². The first-order chi connectivity index (χ1) is 11.0. The average molecular weight is 316 g/mol. The van der Waals surface area contributed by atoms with Crippen molar-refractivity contribution in [3.63, 3.8) is 0 Å². The van der Waals surface area contributed by atoms with Crippen molar-refractivity contribution in [2.24, 2.45) is 0 Å². The van der Waals surface area contributed by atoms with Crippen LogP contribution in [-0.4, -0.2) is 31.2 Å². The van der Waals surface area contributed by atoms with Gasteiger partial charge >= 0.3 is 6.09 Å². The maximum atomic E-state index is 12.1. The summed E-state index contributed by atoms with van der Waals surface area (Å²) in [5.74, 6) is 0.493. The minimum atomic E-state index is -0.253. The summed E-state index contributed by atoms with van der Waals surface area (Å²) in [5, 5.41) is 2.94. The van der Waals surface area contributed by atoms with Crippen LogP contribution in [0.25, 0.3) is 0 Å². The van der Waals surface area contributed by atoms with E-state index in [4.69, 9.17) is 4.74 Å². The van der Waals surface area contributed by atoms with Crippen LogP contribution in [0.5, 0.6) is 0 Å². The molecular formula is C18H24N2O3. The summed E-state index contributed by atoms with van der Waals surface area (Å²) in [7, 11) is 0. The highest BCUT2D eigenvalue weighted by molar-refractivity contribution is 5.91. The van der Waals surface area contributed by atoms with Crippen LogP contribution < -0.4 is 10.2 Å². The Morgan fingerprint density at radius 1 is 1.26 bits per heavy atom. The molecule has 0 bridgehead atoms. The van der Waals surface area contributed by atoms with Gasteiger partial charge in [0.15, 0.2) is 0 Å². The molecular weight excluding hydrogens is 292 g/mol. The van der Waals surface area contributed by atoms with Gasteiger partial charge in [-0.15, -0.1) is 0 Å². The van der Waals surface area contributed by atoms with Gasteiger partial charge in [-0.3, -0.25) is 9.69 Å². The molecule has 2 saturated heterocycles. The summed E-state index contributed by atoms with van der Waals surface area (Å²) in [4.78, 5) is 25.2. The lowest BCUT2D eigenvalue weighted by atomic mass is 9.87. The zero-order valence-electron chi connectivity index (χ0n) is 14.0. The lowest BCUT2D eigenvalue weighted by Gasteiger charge is -2.26. The molecule has 124 valence electrons. The predicted molar refractivity (Wildman–Crippen MR) is 88.8 cm³/mol. The minimum absolute atomic E-state index is 0.0181. The van der Waals surface area contributed by atoms with E-state index in [0.717, 1.165) is 24.1 Å². The van der Waals surface area contributed by atoms with Crippen LogP contribution in [0.2, 0.25) is 0 Å². The highest BCUT2D eigenvalue weighted by atomic mass is 16.6. The Morgan fingerprint density at radius 2 is 2.04 bits per heavy atom. The number of nitrogens with zero attached hydrogens (tertiary/aromatic N) is 1. The third-order valence-corrected chi connectivity index (χ3v) is 4.91. The predicted octanol–water partition coefficient (Wildman–Crippen LogP) is 3.03. The lowest BCUT2D eigenvalue weighted by molar-refractivity contribution is -0.122. The number of ether oxygens (including phenoxy) is 1. The van der Waals surface area contributed by atoms with Crippen LogP contribution in [0, 0.1) is 13.8 Å². The molecule has 0 aromatic heterocycles. The van der Waals surface area contributed by atoms with E-state index in [2.05, 4.69) is 24.4 Å². The first kappa shape index (κ1) is 15.8. The number of piperidine rings is 1. The third kappa shape index (κ3) is 3.05. The number of carbonyl (C=O) groups excluding carboxylic acids is 2. The lowest BCUT2D eigenvalue weighted by Crippen LogP contribution is -2.34. The zero-order valence-corrected chi connectivity index (χ0v) is 14.0. The van der Waals surface area contributed by atoms with E-state index < -0.39 is 0 Å². The normalized spacial score (nSPS) is 24.6. The molecule has 5 nitrogen and oxygen atoms in total. The first-order valence-corrected chi connectivity index (χ1v) is 8.35. The molecule has 23 heavy (non-hydrogen) atoms. The van der Waals surface area contributed by atoms with Gasteiger partial charge in [0, 0.05) is 18.9 Å². The minimum Gasteiger partial charge on any atom is -0.444 e. The van der Waals surface area contributed by atoms with Crippen molar-refractivity contribution in [3.8, 4) is 0 Å². The number of hydrogen-bond donors (Lipinski definition) is 1. The molecule has 5 heteroatoms. The van der Waals surface area contributed by atoms with Crippen molar-refractivity contribution < 1.29 is 14.3 Å². The van der Waals surface area contributed by atoms with Gasteiger partial charge in [-0.25, -0.2) is 4.79 Å². The van der Waals surface area contributed by atoms with Gasteiger partial charge in [-0.05, 0) is 49.4 Å². The Kier molecular flexibility index (Phi) is 4.28. The molecule has 2 fully saturated rings. The van der Waals surface area contributed by atoms with Gasteiger partial charge in [0.1, 0.15) is 6.10 Å². The maximum Gasteiger partial charge on any atom is 0.414 e. The van der Waals surface area contributed by atoms with Gasteiger partial charge in [-0.2, -0.15) is 0 Å². The monoisotopic (exact) mass is 316 g/mol. The maximum absolute atomic E-state index is 12.1. The van der Waals surface area contributed by atoms with Crippen molar-refractivity contribution in [2.45, 2.75) is 52.1 Å². The summed E-state index contributed by atoms with van der Waals surface area (Å²) in [5.41, 5.74) is 4.45. The number of anilines is 1. The van der Waals surface area contributed by atoms with Crippen LogP contribution in [0.4, 0.5) is 10.5 Å². The summed E-state index contributed by atoms with van der Waals surface area (Å²) in [6.07, 6.45) is 2.03. The van der Waals surface area contributed by atoms with E-state index in [9.17, 15) is 9.59 Å². The number of aryl methyl sites for hydroxylation is 2. The fourth-order valence-corrected chi connectivity index (χ4v) is 3.48. The number of carbonyl (C=O) groups is 2. The molecule has 1 aromatic carbocycles. The first-order valence-electron chi connectivity index (χ1n) is 8.35. The largest absolute Gasteiger partial charge is 0.444 e. The molecule has 2 aliphatic heterocycles. The Balaban J connectivity index is 1.86. The van der Waals surface area contributed by atoms with Crippen LogP contribution in [0.1, 0.15) is 48.8 Å². The Morgan fingerprint density at radius 3 is 2.65 bits per heavy atom. The van der Waals surface area contributed by atoms with Crippen molar-refractivity contribution in [1.82, 2.24) is 5.32 Å². The van der Waals surface area contributed by atoms with E-state index in [0.29, 0.717) is 25.4 Å². The SMILES string of the molecule is CC[C@H]1CN(c2cc(C)c(C3CCC(=O)NC3)cc2C)C(=O)O1. The van der Waals surface area contributed by atoms with Gasteiger partial charge in [-0.1, -0.05) is 13.0 Å². The van der Waals surface area contributed by atoms with E-state index in [1.165, 1.54) is 11.1 Å². The molecule has 3 rings (SSSR count). The van der Waals surface area contributed by atoms with Crippen molar-refractivity contribution in [3.05, 3.63) is 28.8 Å². The van der Waals surface area contributed by atoms with Crippen LogP contribution in [0.15, 0.2) is 12.1 Å². The fraction of sp³-hybridized carbons (Fsp3) is 0.556. The number of amides is 2. The van der Waals surface area contributed by atoms with E-state index >= 15 is 0 Å². The fourth-order valence-electron chi connectivity index (χ4n) is 3.48. The standard InChI is InChI=1S/C18H24N2O3/c1-4-14-10-20(18(22)23-14)16-8-11(2)15(7-12(16)3)13-5-6-17(21)19-9-13/h7-8,13-14H,4-6,9-10H2,1-3H3,(H,19,21)/t13?,14-/m0/s1. The molecule has 1 aromatic rings. The topological polar surface area (TPSA) is 58.6 Å². The molecule has 0 spiro atoms. The Labute approximate surface area is 137 Å². The average Bonchev–Trinajstić information content (AvgIpc) is 2.91. The molecule has 2 heterocycles. The molecule has 0 aliphatic carbocycles. The van der Waals surface area contributed by atoms with Gasteiger partial charge < -0.3 is 10.1 Å². The quantitative estimate of drug-likeness (QED) is 0.932. The number of benzene rings is 1. The number of cyclic esters (lactones) is 1. The molecule has 1 unspecified atom stereocenters. The summed E-state index contributed by atoms with van der Waals surface area (Å²) >= 11 is 0. The molecule has 2 aliphatic rings. The Bertz CT molecular complexity index is 631. The van der Waals surface area contributed by atoms with Crippen molar-refractivity contribution in [1.29, 1.82) is 0 Å². The second kappa shape index (κ2) is 6.22. The highest BCUT2D eigenvalue weighted by Crippen LogP contribution is 2.33. The summed E-state index contributed by atoms with van der Waals surface area (Å²) in [6, 6.07) is 4.25. The molecule has 1 N–H and O–H groups in total. The van der Waals surface area contributed by atoms with Gasteiger partial charge in [0.25, 0.3) is 0 Å². The summed E-state index contributed by atoms with van der Waals surface area (Å²) in [6.45, 7) is 7.45. The molecule has 0 saturated carbocycles. The molecule has 2 atom stereocenters. The molecule has 2 amide bonds. The van der Waals surface area contributed by atoms with E-state index in [1.807, 2.05) is 13.8 Å². The molecule has 0 radical (unpaired) electrons. The van der Waals surface area contributed by atoms with E-state index in [-0.39, 0.29) is 18.1 Å². The Hall–Kier alpha value is -2.04. The second-order valence-electron chi connectivity index (χ2n) is 6.56. The van der Waals surface area contributed by atoms with Crippen LogP contribution in [0.3, 0.4) is 0 Å². The van der Waals surface area contributed by atoms with Crippen LogP contribution in [-0.2, 0) is 9.53 Å². The number of rotatable bonds is 3. The van der Waals surface area contributed by atoms with E-state index in [1.54, 1.807) is 4.90 Å². The highest BCUT2D eigenvalue weighted by Gasteiger charge is 2.32. The number of nitrogens with one attached hydrogen (secondary N) is 1. The van der Waals surface area contributed by atoms with Gasteiger partial charge in [0.2, 0.25) is 5.91 Å². The zero-order chi connectivity index (χ0) is 16.6. The smallest absolute Gasteiger partial charge is 0.414 e. The second-order valence-corrected chi connectivity index (χ2v) is 6.56. The third-order valence-electron chi connectivity index (χ3n) is 4.91.